The van der Waals surface area contributed by atoms with Crippen molar-refractivity contribution < 1.29 is 9.00 Å². The van der Waals surface area contributed by atoms with Gasteiger partial charge in [-0.15, -0.1) is 0 Å². The molecule has 2 saturated heterocycles. The highest BCUT2D eigenvalue weighted by Gasteiger charge is 2.40. The first-order valence-corrected chi connectivity index (χ1v) is 8.32. The molecule has 0 saturated carbocycles. The highest BCUT2D eigenvalue weighted by atomic mass is 32.2. The molecule has 2 atom stereocenters. The van der Waals surface area contributed by atoms with Gasteiger partial charge in [-0.25, -0.2) is 0 Å². The second kappa shape index (κ2) is 5.53. The minimum atomic E-state index is -0.684. The smallest absolute Gasteiger partial charge is 0.140 e. The number of carbonyl (C=O) groups is 1. The maximum absolute atomic E-state index is 12.4. The first kappa shape index (κ1) is 13.0. The van der Waals surface area contributed by atoms with E-state index in [0.717, 1.165) is 31.2 Å². The molecular weight excluding hydrogens is 258 g/mol. The zero-order valence-electron chi connectivity index (χ0n) is 11.0. The van der Waals surface area contributed by atoms with E-state index in [0.29, 0.717) is 12.2 Å². The standard InChI is InChI=1S/C15H19NO2S/c17-15(7-11-3-2-6-16-10-11)12-8-13-4-1-5-14(9-12)19(13)18/h2-3,6,10,12-14H,1,4-5,7-9H2. The third kappa shape index (κ3) is 2.78. The molecule has 3 rings (SSSR count). The Labute approximate surface area is 116 Å². The van der Waals surface area contributed by atoms with E-state index in [1.54, 1.807) is 12.4 Å². The van der Waals surface area contributed by atoms with E-state index in [1.165, 1.54) is 6.42 Å². The van der Waals surface area contributed by atoms with Crippen LogP contribution >= 0.6 is 0 Å². The maximum atomic E-state index is 12.4. The normalized spacial score (nSPS) is 33.9. The van der Waals surface area contributed by atoms with Crippen LogP contribution in [0.4, 0.5) is 0 Å². The van der Waals surface area contributed by atoms with Crippen LogP contribution in [-0.2, 0) is 22.0 Å². The minimum Gasteiger partial charge on any atom is -0.299 e. The lowest BCUT2D eigenvalue weighted by atomic mass is 9.85. The molecule has 0 aliphatic carbocycles. The molecule has 2 bridgehead atoms. The van der Waals surface area contributed by atoms with Crippen LogP contribution in [0.3, 0.4) is 0 Å². The summed E-state index contributed by atoms with van der Waals surface area (Å²) in [6.45, 7) is 0. The number of ketones is 1. The maximum Gasteiger partial charge on any atom is 0.140 e. The van der Waals surface area contributed by atoms with Crippen molar-refractivity contribution in [1.82, 2.24) is 4.98 Å². The van der Waals surface area contributed by atoms with Crippen molar-refractivity contribution >= 4 is 16.6 Å². The average molecular weight is 277 g/mol. The van der Waals surface area contributed by atoms with Crippen molar-refractivity contribution in [3.05, 3.63) is 30.1 Å². The summed E-state index contributed by atoms with van der Waals surface area (Å²) in [5.74, 6) is 0.426. The Bertz CT molecular complexity index is 472. The summed E-state index contributed by atoms with van der Waals surface area (Å²) < 4.78 is 12.1. The van der Waals surface area contributed by atoms with Crippen LogP contribution in [0.2, 0.25) is 0 Å². The van der Waals surface area contributed by atoms with Gasteiger partial charge in [0.05, 0.1) is 0 Å². The minimum absolute atomic E-state index is 0.119. The predicted octanol–water partition coefficient (Wildman–Crippen LogP) is 2.27. The summed E-state index contributed by atoms with van der Waals surface area (Å²) in [6.07, 6.45) is 8.90. The van der Waals surface area contributed by atoms with E-state index in [2.05, 4.69) is 4.98 Å². The molecule has 0 radical (unpaired) electrons. The molecule has 0 aromatic carbocycles. The lowest BCUT2D eigenvalue weighted by Gasteiger charge is -2.37. The van der Waals surface area contributed by atoms with Crippen LogP contribution in [0, 0.1) is 5.92 Å². The molecule has 3 heterocycles. The molecule has 1 aromatic heterocycles. The number of Topliss-reactive ketones (excluding diaryl/α,β-unsaturated/α-hetero) is 1. The van der Waals surface area contributed by atoms with Gasteiger partial charge in [0.25, 0.3) is 0 Å². The van der Waals surface area contributed by atoms with Crippen molar-refractivity contribution in [1.29, 1.82) is 0 Å². The molecule has 0 amide bonds. The fourth-order valence-corrected chi connectivity index (χ4v) is 5.53. The first-order chi connectivity index (χ1) is 9.24. The number of aromatic nitrogens is 1. The number of nitrogens with zero attached hydrogens (tertiary/aromatic N) is 1. The number of fused-ring (bicyclic) bond motifs is 2. The molecule has 19 heavy (non-hydrogen) atoms. The lowest BCUT2D eigenvalue weighted by Crippen LogP contribution is -2.41. The van der Waals surface area contributed by atoms with Crippen LogP contribution in [0.5, 0.6) is 0 Å². The number of hydrogen-bond acceptors (Lipinski definition) is 3. The number of hydrogen-bond donors (Lipinski definition) is 0. The largest absolute Gasteiger partial charge is 0.299 e. The van der Waals surface area contributed by atoms with Crippen molar-refractivity contribution in [2.24, 2.45) is 5.92 Å². The molecule has 102 valence electrons. The van der Waals surface area contributed by atoms with Crippen LogP contribution in [0.15, 0.2) is 24.5 Å². The van der Waals surface area contributed by atoms with Crippen molar-refractivity contribution in [2.75, 3.05) is 0 Å². The fraction of sp³-hybridized carbons (Fsp3) is 0.600. The molecule has 1 aromatic rings. The molecule has 2 fully saturated rings. The fourth-order valence-electron chi connectivity index (χ4n) is 3.35. The third-order valence-corrected chi connectivity index (χ3v) is 6.53. The van der Waals surface area contributed by atoms with Crippen molar-refractivity contribution in [3.8, 4) is 0 Å². The Morgan fingerprint density at radius 2 is 2.05 bits per heavy atom. The molecule has 3 nitrogen and oxygen atoms in total. The van der Waals surface area contributed by atoms with Gasteiger partial charge >= 0.3 is 0 Å². The Hall–Kier alpha value is -1.03. The van der Waals surface area contributed by atoms with E-state index in [9.17, 15) is 9.00 Å². The SMILES string of the molecule is O=C(Cc1cccnc1)C1CC2CCCC(C1)S2=O. The summed E-state index contributed by atoms with van der Waals surface area (Å²) >= 11 is 0. The quantitative estimate of drug-likeness (QED) is 0.851. The molecular formula is C15H19NO2S. The molecule has 2 aliphatic rings. The molecule has 2 unspecified atom stereocenters. The van der Waals surface area contributed by atoms with E-state index in [-0.39, 0.29) is 16.4 Å². The van der Waals surface area contributed by atoms with Crippen LogP contribution in [0.25, 0.3) is 0 Å². The first-order valence-electron chi connectivity index (χ1n) is 7.05. The Morgan fingerprint density at radius 1 is 1.32 bits per heavy atom. The molecule has 0 N–H and O–H groups in total. The number of rotatable bonds is 3. The average Bonchev–Trinajstić information content (AvgIpc) is 2.39. The molecule has 4 heteroatoms. The van der Waals surface area contributed by atoms with E-state index in [4.69, 9.17) is 0 Å². The number of pyridine rings is 1. The molecule has 2 aliphatic heterocycles. The van der Waals surface area contributed by atoms with Gasteiger partial charge in [0.2, 0.25) is 0 Å². The van der Waals surface area contributed by atoms with Crippen molar-refractivity contribution in [2.45, 2.75) is 49.0 Å². The van der Waals surface area contributed by atoms with E-state index < -0.39 is 10.8 Å². The lowest BCUT2D eigenvalue weighted by molar-refractivity contribution is -0.122. The summed E-state index contributed by atoms with van der Waals surface area (Å²) in [6, 6.07) is 3.82. The van der Waals surface area contributed by atoms with Crippen LogP contribution in [0.1, 0.15) is 37.7 Å². The highest BCUT2D eigenvalue weighted by Crippen LogP contribution is 2.37. The monoisotopic (exact) mass is 277 g/mol. The van der Waals surface area contributed by atoms with Gasteiger partial charge in [-0.2, -0.15) is 0 Å². The Kier molecular flexibility index (Phi) is 3.78. The zero-order valence-corrected chi connectivity index (χ0v) is 11.8. The van der Waals surface area contributed by atoms with Crippen LogP contribution < -0.4 is 0 Å². The third-order valence-electron chi connectivity index (χ3n) is 4.36. The van der Waals surface area contributed by atoms with E-state index in [1.807, 2.05) is 12.1 Å². The van der Waals surface area contributed by atoms with Gasteiger partial charge in [0.15, 0.2) is 0 Å². The zero-order chi connectivity index (χ0) is 13.2. The second-order valence-electron chi connectivity index (χ2n) is 5.68. The topological polar surface area (TPSA) is 47.0 Å². The number of carbonyl (C=O) groups excluding carboxylic acids is 1. The highest BCUT2D eigenvalue weighted by molar-refractivity contribution is 7.86. The summed E-state index contributed by atoms with van der Waals surface area (Å²) in [5.41, 5.74) is 0.990. The van der Waals surface area contributed by atoms with Gasteiger partial charge < -0.3 is 0 Å². The summed E-state index contributed by atoms with van der Waals surface area (Å²) in [7, 11) is -0.684. The van der Waals surface area contributed by atoms with E-state index >= 15 is 0 Å². The summed E-state index contributed by atoms with van der Waals surface area (Å²) in [5, 5.41) is 0.547. The second-order valence-corrected chi connectivity index (χ2v) is 7.67. The molecule has 0 spiro atoms. The van der Waals surface area contributed by atoms with Gasteiger partial charge in [-0.1, -0.05) is 12.5 Å². The summed E-state index contributed by atoms with van der Waals surface area (Å²) in [4.78, 5) is 16.4. The Balaban J connectivity index is 1.66. The Morgan fingerprint density at radius 3 is 2.68 bits per heavy atom. The van der Waals surface area contributed by atoms with Crippen LogP contribution in [-0.4, -0.2) is 25.5 Å². The van der Waals surface area contributed by atoms with Crippen molar-refractivity contribution in [3.63, 3.8) is 0 Å². The van der Waals surface area contributed by atoms with Gasteiger partial charge in [-0.3, -0.25) is 14.0 Å². The van der Waals surface area contributed by atoms with Gasteiger partial charge in [0, 0.05) is 46.0 Å². The van der Waals surface area contributed by atoms with Gasteiger partial charge in [0.1, 0.15) is 5.78 Å². The van der Waals surface area contributed by atoms with Gasteiger partial charge in [-0.05, 0) is 37.3 Å². The predicted molar refractivity (Wildman–Crippen MR) is 75.2 cm³/mol.